The molecule has 1 fully saturated rings. The Morgan fingerprint density at radius 2 is 2.20 bits per heavy atom. The molecule has 0 bridgehead atoms. The van der Waals surface area contributed by atoms with E-state index >= 15 is 0 Å². The lowest BCUT2D eigenvalue weighted by Gasteiger charge is -2.35. The number of anilines is 1. The number of nitrogen functional groups attached to an aromatic ring is 1. The average molecular weight is 269 g/mol. The molecule has 0 radical (unpaired) electrons. The summed E-state index contributed by atoms with van der Waals surface area (Å²) in [6.45, 7) is 0.982. The van der Waals surface area contributed by atoms with Gasteiger partial charge in [-0.3, -0.25) is 4.90 Å². The van der Waals surface area contributed by atoms with Crippen molar-refractivity contribution in [3.8, 4) is 0 Å². The second-order valence-electron chi connectivity index (χ2n) is 4.35. The fraction of sp³-hybridized carbons (Fsp3) is 0.500. The maximum atomic E-state index is 5.79. The third kappa shape index (κ3) is 2.52. The SMILES string of the molecule is CN(Cc1cc(N)ccc1Br)C1CCC1. The normalized spacial score (nSPS) is 16.7. The first-order valence-electron chi connectivity index (χ1n) is 5.41. The van der Waals surface area contributed by atoms with E-state index in [1.54, 1.807) is 0 Å². The minimum atomic E-state index is 0.776. The minimum absolute atomic E-state index is 0.776. The van der Waals surface area contributed by atoms with E-state index in [1.165, 1.54) is 24.8 Å². The van der Waals surface area contributed by atoms with Gasteiger partial charge in [0.15, 0.2) is 0 Å². The predicted octanol–water partition coefficient (Wildman–Crippen LogP) is 3.02. The third-order valence-electron chi connectivity index (χ3n) is 3.19. The van der Waals surface area contributed by atoms with Crippen LogP contribution >= 0.6 is 15.9 Å². The highest BCUT2D eigenvalue weighted by atomic mass is 79.9. The monoisotopic (exact) mass is 268 g/mol. The lowest BCUT2D eigenvalue weighted by Crippen LogP contribution is -2.36. The molecule has 1 saturated carbocycles. The van der Waals surface area contributed by atoms with Crippen LogP contribution in [0, 0.1) is 0 Å². The van der Waals surface area contributed by atoms with E-state index in [2.05, 4.69) is 33.9 Å². The van der Waals surface area contributed by atoms with Crippen LogP contribution in [0.5, 0.6) is 0 Å². The Labute approximate surface area is 99.6 Å². The van der Waals surface area contributed by atoms with E-state index in [0.717, 1.165) is 22.7 Å². The molecular formula is C12H17BrN2. The lowest BCUT2D eigenvalue weighted by atomic mass is 9.91. The molecule has 2 rings (SSSR count). The summed E-state index contributed by atoms with van der Waals surface area (Å²) in [4.78, 5) is 2.42. The van der Waals surface area contributed by atoms with Gasteiger partial charge < -0.3 is 5.73 Å². The summed E-state index contributed by atoms with van der Waals surface area (Å²) in [7, 11) is 2.19. The van der Waals surface area contributed by atoms with Gasteiger partial charge in [-0.2, -0.15) is 0 Å². The van der Waals surface area contributed by atoms with Crippen LogP contribution in [0.2, 0.25) is 0 Å². The second kappa shape index (κ2) is 4.54. The van der Waals surface area contributed by atoms with Crippen molar-refractivity contribution in [1.29, 1.82) is 0 Å². The average Bonchev–Trinajstić information content (AvgIpc) is 2.08. The molecule has 0 aromatic heterocycles. The number of nitrogens with two attached hydrogens (primary N) is 1. The number of hydrogen-bond donors (Lipinski definition) is 1. The maximum absolute atomic E-state index is 5.79. The quantitative estimate of drug-likeness (QED) is 0.855. The van der Waals surface area contributed by atoms with Crippen LogP contribution in [0.4, 0.5) is 5.69 Å². The zero-order valence-corrected chi connectivity index (χ0v) is 10.6. The molecule has 82 valence electrons. The Hall–Kier alpha value is -0.540. The number of rotatable bonds is 3. The number of halogens is 1. The summed E-state index contributed by atoms with van der Waals surface area (Å²) >= 11 is 3.57. The molecular weight excluding hydrogens is 252 g/mol. The summed E-state index contributed by atoms with van der Waals surface area (Å²) in [6.07, 6.45) is 4.07. The summed E-state index contributed by atoms with van der Waals surface area (Å²) < 4.78 is 1.16. The lowest BCUT2D eigenvalue weighted by molar-refractivity contribution is 0.152. The van der Waals surface area contributed by atoms with Crippen molar-refractivity contribution in [2.75, 3.05) is 12.8 Å². The fourth-order valence-electron chi connectivity index (χ4n) is 1.94. The van der Waals surface area contributed by atoms with Crippen molar-refractivity contribution in [2.45, 2.75) is 31.8 Å². The molecule has 0 amide bonds. The van der Waals surface area contributed by atoms with Gasteiger partial charge in [0.05, 0.1) is 0 Å². The van der Waals surface area contributed by atoms with Gasteiger partial charge >= 0.3 is 0 Å². The van der Waals surface area contributed by atoms with Crippen molar-refractivity contribution in [3.63, 3.8) is 0 Å². The second-order valence-corrected chi connectivity index (χ2v) is 5.21. The number of hydrogen-bond acceptors (Lipinski definition) is 2. The van der Waals surface area contributed by atoms with Crippen molar-refractivity contribution < 1.29 is 0 Å². The zero-order valence-electron chi connectivity index (χ0n) is 9.04. The Bertz CT molecular complexity index is 347. The van der Waals surface area contributed by atoms with Crippen LogP contribution < -0.4 is 5.73 Å². The minimum Gasteiger partial charge on any atom is -0.399 e. The van der Waals surface area contributed by atoms with Crippen LogP contribution in [-0.4, -0.2) is 18.0 Å². The molecule has 1 aromatic carbocycles. The molecule has 0 aliphatic heterocycles. The Kier molecular flexibility index (Phi) is 3.32. The van der Waals surface area contributed by atoms with Gasteiger partial charge in [0.2, 0.25) is 0 Å². The third-order valence-corrected chi connectivity index (χ3v) is 3.96. The standard InChI is InChI=1S/C12H17BrN2/c1-15(11-3-2-4-11)8-9-7-10(14)5-6-12(9)13/h5-7,11H,2-4,8,14H2,1H3. The smallest absolute Gasteiger partial charge is 0.0318 e. The fourth-order valence-corrected chi connectivity index (χ4v) is 2.31. The molecule has 0 spiro atoms. The zero-order chi connectivity index (χ0) is 10.8. The molecule has 2 nitrogen and oxygen atoms in total. The molecule has 0 unspecified atom stereocenters. The highest BCUT2D eigenvalue weighted by Crippen LogP contribution is 2.27. The van der Waals surface area contributed by atoms with Crippen molar-refractivity contribution in [1.82, 2.24) is 4.90 Å². The van der Waals surface area contributed by atoms with Gasteiger partial charge in [0, 0.05) is 22.7 Å². The van der Waals surface area contributed by atoms with E-state index in [-0.39, 0.29) is 0 Å². The molecule has 1 aromatic rings. The molecule has 15 heavy (non-hydrogen) atoms. The van der Waals surface area contributed by atoms with E-state index < -0.39 is 0 Å². The van der Waals surface area contributed by atoms with Crippen molar-refractivity contribution >= 4 is 21.6 Å². The largest absolute Gasteiger partial charge is 0.399 e. The van der Waals surface area contributed by atoms with Gasteiger partial charge in [-0.1, -0.05) is 22.4 Å². The predicted molar refractivity (Wildman–Crippen MR) is 67.7 cm³/mol. The van der Waals surface area contributed by atoms with Crippen LogP contribution in [0.1, 0.15) is 24.8 Å². The van der Waals surface area contributed by atoms with E-state index in [0.29, 0.717) is 0 Å². The first kappa shape index (κ1) is 11.0. The Morgan fingerprint density at radius 3 is 2.80 bits per heavy atom. The van der Waals surface area contributed by atoms with Gasteiger partial charge in [-0.05, 0) is 43.7 Å². The molecule has 3 heteroatoms. The number of nitrogens with zero attached hydrogens (tertiary/aromatic N) is 1. The Morgan fingerprint density at radius 1 is 1.47 bits per heavy atom. The van der Waals surface area contributed by atoms with Gasteiger partial charge in [0.1, 0.15) is 0 Å². The summed E-state index contributed by atoms with van der Waals surface area (Å²) in [5.74, 6) is 0. The van der Waals surface area contributed by atoms with Gasteiger partial charge in [-0.15, -0.1) is 0 Å². The highest BCUT2D eigenvalue weighted by molar-refractivity contribution is 9.10. The molecule has 0 saturated heterocycles. The first-order chi connectivity index (χ1) is 7.16. The van der Waals surface area contributed by atoms with Crippen LogP contribution in [0.15, 0.2) is 22.7 Å². The maximum Gasteiger partial charge on any atom is 0.0318 e. The first-order valence-corrected chi connectivity index (χ1v) is 6.20. The summed E-state index contributed by atoms with van der Waals surface area (Å²) in [6, 6.07) is 6.79. The topological polar surface area (TPSA) is 29.3 Å². The van der Waals surface area contributed by atoms with Crippen molar-refractivity contribution in [3.05, 3.63) is 28.2 Å². The summed E-state index contributed by atoms with van der Waals surface area (Å²) in [5.41, 5.74) is 7.91. The highest BCUT2D eigenvalue weighted by Gasteiger charge is 2.22. The van der Waals surface area contributed by atoms with E-state index in [1.807, 2.05) is 12.1 Å². The molecule has 0 atom stereocenters. The van der Waals surface area contributed by atoms with Gasteiger partial charge in [0.25, 0.3) is 0 Å². The Balaban J connectivity index is 2.05. The van der Waals surface area contributed by atoms with E-state index in [9.17, 15) is 0 Å². The van der Waals surface area contributed by atoms with E-state index in [4.69, 9.17) is 5.73 Å². The van der Waals surface area contributed by atoms with Crippen LogP contribution in [0.3, 0.4) is 0 Å². The molecule has 1 aliphatic rings. The van der Waals surface area contributed by atoms with Crippen LogP contribution in [0.25, 0.3) is 0 Å². The van der Waals surface area contributed by atoms with Gasteiger partial charge in [-0.25, -0.2) is 0 Å². The molecule has 2 N–H and O–H groups in total. The summed E-state index contributed by atoms with van der Waals surface area (Å²) in [5, 5.41) is 0. The van der Waals surface area contributed by atoms with Crippen LogP contribution in [-0.2, 0) is 6.54 Å². The molecule has 1 aliphatic carbocycles. The number of benzene rings is 1. The van der Waals surface area contributed by atoms with Crippen molar-refractivity contribution in [2.24, 2.45) is 0 Å². The molecule has 0 heterocycles.